The average molecular weight is 419 g/mol. The highest BCUT2D eigenvalue weighted by Crippen LogP contribution is 2.42. The summed E-state index contributed by atoms with van der Waals surface area (Å²) in [5.74, 6) is -1.71. The zero-order valence-electron chi connectivity index (χ0n) is 16.5. The number of carbonyl (C=O) groups is 2. The molecule has 0 saturated carbocycles. The molecule has 0 aliphatic carbocycles. The van der Waals surface area contributed by atoms with Gasteiger partial charge in [-0.3, -0.25) is 19.5 Å². The van der Waals surface area contributed by atoms with E-state index in [1.807, 2.05) is 26.0 Å². The van der Waals surface area contributed by atoms with E-state index in [0.29, 0.717) is 22.0 Å². The first-order valence-electron chi connectivity index (χ1n) is 9.44. The molecule has 150 valence electrons. The lowest BCUT2D eigenvalue weighted by Crippen LogP contribution is -2.30. The second-order valence-electron chi connectivity index (χ2n) is 7.15. The van der Waals surface area contributed by atoms with Crippen LogP contribution in [0.1, 0.15) is 28.4 Å². The van der Waals surface area contributed by atoms with Crippen LogP contribution in [-0.2, 0) is 9.59 Å². The molecule has 6 heteroatoms. The van der Waals surface area contributed by atoms with Gasteiger partial charge in [-0.05, 0) is 67.4 Å². The lowest BCUT2D eigenvalue weighted by molar-refractivity contribution is -0.132. The van der Waals surface area contributed by atoms with Gasteiger partial charge in [0.05, 0.1) is 11.3 Å². The van der Waals surface area contributed by atoms with Crippen molar-refractivity contribution in [3.63, 3.8) is 0 Å². The van der Waals surface area contributed by atoms with Crippen LogP contribution in [0, 0.1) is 13.8 Å². The minimum atomic E-state index is -0.845. The maximum absolute atomic E-state index is 13.1. The summed E-state index contributed by atoms with van der Waals surface area (Å²) in [7, 11) is 0. The summed E-state index contributed by atoms with van der Waals surface area (Å²) in [5.41, 5.74) is 3.39. The van der Waals surface area contributed by atoms with Gasteiger partial charge >= 0.3 is 0 Å². The number of pyridine rings is 1. The largest absolute Gasteiger partial charge is 0.507 e. The van der Waals surface area contributed by atoms with Crippen LogP contribution < -0.4 is 4.90 Å². The van der Waals surface area contributed by atoms with E-state index < -0.39 is 17.7 Å². The second-order valence-corrected chi connectivity index (χ2v) is 7.59. The lowest BCUT2D eigenvalue weighted by atomic mass is 9.97. The molecule has 30 heavy (non-hydrogen) atoms. The van der Waals surface area contributed by atoms with Crippen molar-refractivity contribution in [2.45, 2.75) is 19.9 Å². The van der Waals surface area contributed by atoms with E-state index in [-0.39, 0.29) is 11.3 Å². The number of anilines is 1. The van der Waals surface area contributed by atoms with Gasteiger partial charge in [0.15, 0.2) is 0 Å². The zero-order chi connectivity index (χ0) is 21.4. The highest BCUT2D eigenvalue weighted by molar-refractivity contribution is 6.51. The average Bonchev–Trinajstić information content (AvgIpc) is 3.01. The molecule has 1 amide bonds. The number of aryl methyl sites for hydroxylation is 1. The number of Topliss-reactive ketones (excluding diaryl/α,β-unsaturated/α-hetero) is 1. The molecule has 1 aromatic heterocycles. The molecule has 0 radical (unpaired) electrons. The van der Waals surface area contributed by atoms with Gasteiger partial charge in [-0.15, -0.1) is 0 Å². The van der Waals surface area contributed by atoms with Gasteiger partial charge in [-0.2, -0.15) is 0 Å². The summed E-state index contributed by atoms with van der Waals surface area (Å²) < 4.78 is 0. The van der Waals surface area contributed by atoms with Gasteiger partial charge in [-0.1, -0.05) is 29.8 Å². The fraction of sp³-hybridized carbons (Fsp3) is 0.125. The van der Waals surface area contributed by atoms with Crippen molar-refractivity contribution < 1.29 is 14.7 Å². The fourth-order valence-corrected chi connectivity index (χ4v) is 3.78. The van der Waals surface area contributed by atoms with Gasteiger partial charge in [0, 0.05) is 22.5 Å². The zero-order valence-corrected chi connectivity index (χ0v) is 17.2. The Morgan fingerprint density at radius 3 is 2.40 bits per heavy atom. The summed E-state index contributed by atoms with van der Waals surface area (Å²) >= 11 is 5.95. The Labute approximate surface area is 179 Å². The quantitative estimate of drug-likeness (QED) is 0.370. The van der Waals surface area contributed by atoms with E-state index >= 15 is 0 Å². The number of aromatic nitrogens is 1. The molecule has 0 spiro atoms. The lowest BCUT2D eigenvalue weighted by Gasteiger charge is -2.26. The number of carbonyl (C=O) groups excluding carboxylic acids is 2. The van der Waals surface area contributed by atoms with E-state index in [4.69, 9.17) is 11.6 Å². The summed E-state index contributed by atoms with van der Waals surface area (Å²) in [5, 5.41) is 11.5. The molecule has 5 nitrogen and oxygen atoms in total. The number of hydrogen-bond donors (Lipinski definition) is 1. The molecule has 3 aromatic rings. The molecule has 4 rings (SSSR count). The minimum absolute atomic E-state index is 0.00179. The summed E-state index contributed by atoms with van der Waals surface area (Å²) in [6.07, 6.45) is 1.60. The number of ketones is 1. The van der Waals surface area contributed by atoms with E-state index in [0.717, 1.165) is 11.1 Å². The predicted molar refractivity (Wildman–Crippen MR) is 116 cm³/mol. The van der Waals surface area contributed by atoms with Crippen LogP contribution in [-0.4, -0.2) is 21.8 Å². The number of amides is 1. The summed E-state index contributed by atoms with van der Waals surface area (Å²) in [6.45, 7) is 3.84. The molecular formula is C24H19ClN2O3. The van der Waals surface area contributed by atoms with E-state index in [1.165, 1.54) is 4.90 Å². The molecule has 1 saturated heterocycles. The number of nitrogens with zero attached hydrogens (tertiary/aromatic N) is 2. The number of benzene rings is 2. The normalized spacial score (nSPS) is 18.1. The van der Waals surface area contributed by atoms with Crippen LogP contribution in [0.15, 0.2) is 72.4 Å². The Kier molecular flexibility index (Phi) is 5.14. The van der Waals surface area contributed by atoms with Crippen LogP contribution in [0.4, 0.5) is 5.69 Å². The molecular weight excluding hydrogens is 400 g/mol. The maximum atomic E-state index is 13.1. The SMILES string of the molecule is Cc1cccc(N2C(=O)C(=O)/C(=C(/O)c3ccc(Cl)cc3)C2c2ccccn2)c1C. The van der Waals surface area contributed by atoms with Crippen molar-refractivity contribution in [1.29, 1.82) is 0 Å². The highest BCUT2D eigenvalue weighted by Gasteiger charge is 2.48. The smallest absolute Gasteiger partial charge is 0.300 e. The molecule has 1 fully saturated rings. The Balaban J connectivity index is 1.97. The van der Waals surface area contributed by atoms with Crippen LogP contribution in [0.25, 0.3) is 5.76 Å². The number of halogens is 1. The third-order valence-corrected chi connectivity index (χ3v) is 5.62. The minimum Gasteiger partial charge on any atom is -0.507 e. The Hall–Kier alpha value is -3.44. The van der Waals surface area contributed by atoms with Crippen molar-refractivity contribution >= 4 is 34.7 Å². The van der Waals surface area contributed by atoms with Crippen LogP contribution >= 0.6 is 11.6 Å². The van der Waals surface area contributed by atoms with Crippen molar-refractivity contribution in [1.82, 2.24) is 4.98 Å². The first-order chi connectivity index (χ1) is 14.4. The summed E-state index contributed by atoms with van der Waals surface area (Å²) in [6, 6.07) is 16.5. The Morgan fingerprint density at radius 2 is 1.73 bits per heavy atom. The monoisotopic (exact) mass is 418 g/mol. The number of aliphatic hydroxyl groups excluding tert-OH is 1. The topological polar surface area (TPSA) is 70.5 Å². The van der Waals surface area contributed by atoms with Gasteiger partial charge < -0.3 is 5.11 Å². The van der Waals surface area contributed by atoms with Crippen molar-refractivity contribution in [2.75, 3.05) is 4.90 Å². The van der Waals surface area contributed by atoms with Crippen molar-refractivity contribution in [3.8, 4) is 0 Å². The van der Waals surface area contributed by atoms with Crippen molar-refractivity contribution in [2.24, 2.45) is 0 Å². The highest BCUT2D eigenvalue weighted by atomic mass is 35.5. The number of aliphatic hydroxyl groups is 1. The molecule has 2 heterocycles. The maximum Gasteiger partial charge on any atom is 0.300 e. The molecule has 0 bridgehead atoms. The fourth-order valence-electron chi connectivity index (χ4n) is 3.66. The van der Waals surface area contributed by atoms with Crippen LogP contribution in [0.3, 0.4) is 0 Å². The molecule has 1 aliphatic rings. The van der Waals surface area contributed by atoms with Crippen LogP contribution in [0.5, 0.6) is 0 Å². The van der Waals surface area contributed by atoms with Crippen LogP contribution in [0.2, 0.25) is 5.02 Å². The number of hydrogen-bond acceptors (Lipinski definition) is 4. The molecule has 1 unspecified atom stereocenters. The van der Waals surface area contributed by atoms with E-state index in [1.54, 1.807) is 54.7 Å². The standard InChI is InChI=1S/C24H19ClN2O3/c1-14-6-5-8-19(15(14)2)27-21(18-7-3-4-13-26-18)20(23(29)24(27)30)22(28)16-9-11-17(25)12-10-16/h3-13,21,28H,1-2H3/b22-20+. The first-order valence-corrected chi connectivity index (χ1v) is 9.82. The Bertz CT molecular complexity index is 1170. The van der Waals surface area contributed by atoms with Gasteiger partial charge in [0.2, 0.25) is 0 Å². The van der Waals surface area contributed by atoms with E-state index in [9.17, 15) is 14.7 Å². The van der Waals surface area contributed by atoms with Gasteiger partial charge in [0.1, 0.15) is 11.8 Å². The molecule has 1 aliphatic heterocycles. The third-order valence-electron chi connectivity index (χ3n) is 5.37. The predicted octanol–water partition coefficient (Wildman–Crippen LogP) is 4.98. The number of rotatable bonds is 3. The summed E-state index contributed by atoms with van der Waals surface area (Å²) in [4.78, 5) is 32.0. The molecule has 2 aromatic carbocycles. The third kappa shape index (κ3) is 3.27. The first kappa shape index (κ1) is 19.9. The Morgan fingerprint density at radius 1 is 1.00 bits per heavy atom. The van der Waals surface area contributed by atoms with Gasteiger partial charge in [0.25, 0.3) is 11.7 Å². The van der Waals surface area contributed by atoms with Gasteiger partial charge in [-0.25, -0.2) is 0 Å². The van der Waals surface area contributed by atoms with Crippen molar-refractivity contribution in [3.05, 3.63) is 99.8 Å². The second kappa shape index (κ2) is 7.76. The molecule has 1 N–H and O–H groups in total. The van der Waals surface area contributed by atoms with E-state index in [2.05, 4.69) is 4.98 Å². The molecule has 1 atom stereocenters.